The maximum absolute atomic E-state index is 12.1. The number of hydrogen-bond acceptors (Lipinski definition) is 7. The summed E-state index contributed by atoms with van der Waals surface area (Å²) in [6.07, 6.45) is 0.259. The second-order valence-corrected chi connectivity index (χ2v) is 7.20. The van der Waals surface area contributed by atoms with E-state index in [1.54, 1.807) is 0 Å². The molecule has 0 spiro atoms. The van der Waals surface area contributed by atoms with Crippen LogP contribution >= 0.6 is 0 Å². The van der Waals surface area contributed by atoms with E-state index in [0.717, 1.165) is 24.3 Å². The largest absolute Gasteiger partial charge is 0.378 e. The summed E-state index contributed by atoms with van der Waals surface area (Å²) in [5, 5.41) is 16.3. The molecule has 138 valence electrons. The number of carbonyl (C=O) groups is 1. The molecule has 1 aromatic rings. The number of nitrogens with one attached hydrogen (secondary N) is 3. The van der Waals surface area contributed by atoms with Gasteiger partial charge in [-0.1, -0.05) is 0 Å². The summed E-state index contributed by atoms with van der Waals surface area (Å²) in [5.41, 5.74) is -0.188. The zero-order valence-corrected chi connectivity index (χ0v) is 14.3. The number of morpholine rings is 1. The van der Waals surface area contributed by atoms with E-state index in [4.69, 9.17) is 4.74 Å². The topological polar surface area (TPSA) is 140 Å². The van der Waals surface area contributed by atoms with Crippen molar-refractivity contribution in [3.05, 3.63) is 34.4 Å². The van der Waals surface area contributed by atoms with Crippen LogP contribution in [0.1, 0.15) is 6.42 Å². The third-order valence-electron chi connectivity index (χ3n) is 3.53. The van der Waals surface area contributed by atoms with E-state index >= 15 is 0 Å². The lowest BCUT2D eigenvalue weighted by Crippen LogP contribution is -2.45. The van der Waals surface area contributed by atoms with Crippen LogP contribution in [-0.2, 0) is 19.6 Å². The Morgan fingerprint density at radius 2 is 2.04 bits per heavy atom. The molecule has 0 radical (unpaired) electrons. The molecule has 10 nitrogen and oxygen atoms in total. The van der Waals surface area contributed by atoms with Gasteiger partial charge in [0.05, 0.1) is 23.0 Å². The number of nitrogens with zero attached hydrogens (tertiary/aromatic N) is 1. The van der Waals surface area contributed by atoms with Gasteiger partial charge in [0.1, 0.15) is 0 Å². The fraction of sp³-hybridized carbons (Fsp3) is 0.500. The molecule has 1 saturated heterocycles. The molecule has 0 aromatic heterocycles. The predicted octanol–water partition coefficient (Wildman–Crippen LogP) is -0.632. The summed E-state index contributed by atoms with van der Waals surface area (Å²) in [6.45, 7) is 1.95. The summed E-state index contributed by atoms with van der Waals surface area (Å²) in [7, 11) is -3.78. The lowest BCUT2D eigenvalue weighted by molar-refractivity contribution is -0.384. The highest BCUT2D eigenvalue weighted by Crippen LogP contribution is 2.15. The Kier molecular flexibility index (Phi) is 6.82. The Bertz CT molecular complexity index is 701. The minimum atomic E-state index is -3.78. The van der Waals surface area contributed by atoms with Crippen molar-refractivity contribution in [2.24, 2.45) is 0 Å². The number of nitro groups is 1. The molecule has 1 heterocycles. The minimum absolute atomic E-state index is 0.0135. The van der Waals surface area contributed by atoms with E-state index < -0.39 is 14.9 Å². The molecule has 1 aliphatic rings. The van der Waals surface area contributed by atoms with Gasteiger partial charge in [-0.05, 0) is 12.1 Å². The van der Waals surface area contributed by atoms with Crippen LogP contribution in [0, 0.1) is 10.1 Å². The first-order chi connectivity index (χ1) is 11.9. The van der Waals surface area contributed by atoms with Crippen molar-refractivity contribution in [2.45, 2.75) is 17.4 Å². The van der Waals surface area contributed by atoms with E-state index in [1.165, 1.54) is 0 Å². The van der Waals surface area contributed by atoms with Gasteiger partial charge in [0, 0.05) is 44.2 Å². The van der Waals surface area contributed by atoms with Gasteiger partial charge in [0.15, 0.2) is 0 Å². The molecule has 25 heavy (non-hydrogen) atoms. The van der Waals surface area contributed by atoms with Crippen molar-refractivity contribution >= 4 is 21.6 Å². The standard InChI is InChI=1S/C14H20N4O6S/c19-14(9-11-10-24-8-7-15-11)16-5-6-17-25(22,23)13-3-1-12(2-4-13)18(20)21/h1-4,11,15,17H,5-10H2,(H,16,19). The third-order valence-corrected chi connectivity index (χ3v) is 5.00. The first-order valence-corrected chi connectivity index (χ1v) is 9.19. The van der Waals surface area contributed by atoms with Gasteiger partial charge in [0.25, 0.3) is 5.69 Å². The molecule has 0 saturated carbocycles. The van der Waals surface area contributed by atoms with Gasteiger partial charge in [-0.25, -0.2) is 13.1 Å². The summed E-state index contributed by atoms with van der Waals surface area (Å²) < 4.78 is 31.7. The number of amides is 1. The van der Waals surface area contributed by atoms with Crippen LogP contribution < -0.4 is 15.4 Å². The van der Waals surface area contributed by atoms with Crippen LogP contribution in [0.15, 0.2) is 29.2 Å². The maximum Gasteiger partial charge on any atom is 0.269 e. The molecular weight excluding hydrogens is 352 g/mol. The second kappa shape index (κ2) is 8.85. The second-order valence-electron chi connectivity index (χ2n) is 5.43. The molecule has 3 N–H and O–H groups in total. The van der Waals surface area contributed by atoms with E-state index in [1.807, 2.05) is 0 Å². The zero-order chi connectivity index (χ0) is 18.3. The molecule has 1 amide bonds. The summed E-state index contributed by atoms with van der Waals surface area (Å²) in [6, 6.07) is 4.53. The zero-order valence-electron chi connectivity index (χ0n) is 13.4. The molecule has 2 rings (SSSR count). The van der Waals surface area contributed by atoms with Crippen LogP contribution in [0.2, 0.25) is 0 Å². The summed E-state index contributed by atoms with van der Waals surface area (Å²) in [5.74, 6) is -0.197. The number of non-ortho nitro benzene ring substituents is 1. The SMILES string of the molecule is O=C(CC1COCCN1)NCCNS(=O)(=O)c1ccc([N+](=O)[O-])cc1. The normalized spacial score (nSPS) is 17.8. The third kappa shape index (κ3) is 6.05. The molecule has 1 unspecified atom stereocenters. The van der Waals surface area contributed by atoms with Crippen LogP contribution in [0.3, 0.4) is 0 Å². The Balaban J connectivity index is 1.74. The van der Waals surface area contributed by atoms with Crippen molar-refractivity contribution in [1.29, 1.82) is 0 Å². The number of rotatable bonds is 8. The highest BCUT2D eigenvalue weighted by Gasteiger charge is 2.17. The fourth-order valence-electron chi connectivity index (χ4n) is 2.26. The van der Waals surface area contributed by atoms with Crippen molar-refractivity contribution in [1.82, 2.24) is 15.4 Å². The van der Waals surface area contributed by atoms with E-state index in [-0.39, 0.29) is 42.0 Å². The number of sulfonamides is 1. The average Bonchev–Trinajstić information content (AvgIpc) is 2.60. The molecule has 1 fully saturated rings. The fourth-order valence-corrected chi connectivity index (χ4v) is 3.30. The first kappa shape index (κ1) is 19.2. The Morgan fingerprint density at radius 3 is 2.64 bits per heavy atom. The number of nitro benzene ring substituents is 1. The molecule has 0 aliphatic carbocycles. The van der Waals surface area contributed by atoms with Crippen molar-refractivity contribution < 1.29 is 22.9 Å². The molecular formula is C14H20N4O6S. The summed E-state index contributed by atoms with van der Waals surface area (Å²) >= 11 is 0. The Labute approximate surface area is 145 Å². The van der Waals surface area contributed by atoms with Crippen molar-refractivity contribution in [2.75, 3.05) is 32.8 Å². The Morgan fingerprint density at radius 1 is 1.32 bits per heavy atom. The van der Waals surface area contributed by atoms with Crippen molar-refractivity contribution in [3.8, 4) is 0 Å². The van der Waals surface area contributed by atoms with Gasteiger partial charge in [0.2, 0.25) is 15.9 Å². The molecule has 1 atom stereocenters. The van der Waals surface area contributed by atoms with Gasteiger partial charge >= 0.3 is 0 Å². The number of benzene rings is 1. The Hall–Kier alpha value is -2.08. The predicted molar refractivity (Wildman–Crippen MR) is 88.5 cm³/mol. The highest BCUT2D eigenvalue weighted by atomic mass is 32.2. The molecule has 11 heteroatoms. The molecule has 1 aliphatic heterocycles. The number of carbonyl (C=O) groups excluding carboxylic acids is 1. The molecule has 0 bridgehead atoms. The number of hydrogen-bond donors (Lipinski definition) is 3. The monoisotopic (exact) mass is 372 g/mol. The van der Waals surface area contributed by atoms with Crippen LogP contribution in [0.5, 0.6) is 0 Å². The van der Waals surface area contributed by atoms with Gasteiger partial charge in [-0.3, -0.25) is 14.9 Å². The molecule has 1 aromatic carbocycles. The van der Waals surface area contributed by atoms with E-state index in [2.05, 4.69) is 15.4 Å². The highest BCUT2D eigenvalue weighted by molar-refractivity contribution is 7.89. The lowest BCUT2D eigenvalue weighted by atomic mass is 10.2. The minimum Gasteiger partial charge on any atom is -0.378 e. The quantitative estimate of drug-likeness (QED) is 0.313. The van der Waals surface area contributed by atoms with Crippen LogP contribution in [0.4, 0.5) is 5.69 Å². The van der Waals surface area contributed by atoms with E-state index in [9.17, 15) is 23.3 Å². The van der Waals surface area contributed by atoms with Crippen LogP contribution in [0.25, 0.3) is 0 Å². The summed E-state index contributed by atoms with van der Waals surface area (Å²) in [4.78, 5) is 21.6. The smallest absolute Gasteiger partial charge is 0.269 e. The van der Waals surface area contributed by atoms with Crippen molar-refractivity contribution in [3.63, 3.8) is 0 Å². The lowest BCUT2D eigenvalue weighted by Gasteiger charge is -2.23. The van der Waals surface area contributed by atoms with Gasteiger partial charge < -0.3 is 15.4 Å². The average molecular weight is 372 g/mol. The van der Waals surface area contributed by atoms with Gasteiger partial charge in [-0.2, -0.15) is 0 Å². The number of ether oxygens (including phenoxy) is 1. The van der Waals surface area contributed by atoms with Gasteiger partial charge in [-0.15, -0.1) is 0 Å². The van der Waals surface area contributed by atoms with Crippen LogP contribution in [-0.4, -0.2) is 58.1 Å². The first-order valence-electron chi connectivity index (χ1n) is 7.70. The maximum atomic E-state index is 12.1. The van der Waals surface area contributed by atoms with E-state index in [0.29, 0.717) is 19.8 Å².